The molecule has 2 heterocycles. The van der Waals surface area contributed by atoms with E-state index in [1.165, 1.54) is 25.1 Å². The van der Waals surface area contributed by atoms with E-state index in [-0.39, 0.29) is 22.5 Å². The largest absolute Gasteiger partial charge is 0.326 e. The molecule has 0 atom stereocenters. The van der Waals surface area contributed by atoms with Crippen LogP contribution in [0.5, 0.6) is 0 Å². The molecule has 1 amide bonds. The number of aromatic nitrogens is 2. The zero-order chi connectivity index (χ0) is 19.8. The highest BCUT2D eigenvalue weighted by Crippen LogP contribution is 2.28. The van der Waals surface area contributed by atoms with Gasteiger partial charge in [0.1, 0.15) is 5.82 Å². The first kappa shape index (κ1) is 17.6. The maximum absolute atomic E-state index is 12.8. The average Bonchev–Trinajstić information content (AvgIpc) is 3.06. The van der Waals surface area contributed by atoms with Crippen molar-refractivity contribution in [3.05, 3.63) is 74.3 Å². The molecule has 1 aliphatic heterocycles. The number of carbonyl (C=O) groups excluding carboxylic acids is 1. The molecular formula is C20H16N4O4. The molecule has 1 aromatic heterocycles. The van der Waals surface area contributed by atoms with Crippen molar-refractivity contribution < 1.29 is 9.72 Å². The summed E-state index contributed by atoms with van der Waals surface area (Å²) in [5, 5.41) is 13.9. The van der Waals surface area contributed by atoms with Crippen molar-refractivity contribution in [2.45, 2.75) is 19.9 Å². The molecule has 3 aromatic rings. The summed E-state index contributed by atoms with van der Waals surface area (Å²) in [6.07, 6.45) is 2.61. The van der Waals surface area contributed by atoms with Gasteiger partial charge in [-0.15, -0.1) is 0 Å². The molecule has 2 aromatic carbocycles. The molecule has 0 radical (unpaired) electrons. The summed E-state index contributed by atoms with van der Waals surface area (Å²) in [4.78, 5) is 38.9. The Labute approximate surface area is 159 Å². The number of anilines is 1. The van der Waals surface area contributed by atoms with Crippen LogP contribution >= 0.6 is 0 Å². The summed E-state index contributed by atoms with van der Waals surface area (Å²) in [6.45, 7) is 1.93. The highest BCUT2D eigenvalue weighted by Gasteiger charge is 2.22. The van der Waals surface area contributed by atoms with Crippen LogP contribution in [0.1, 0.15) is 24.7 Å². The number of non-ortho nitro benzene ring substituents is 1. The van der Waals surface area contributed by atoms with E-state index in [4.69, 9.17) is 0 Å². The smallest absolute Gasteiger partial charge is 0.270 e. The maximum Gasteiger partial charge on any atom is 0.270 e. The normalized spacial score (nSPS) is 14.2. The van der Waals surface area contributed by atoms with Crippen LogP contribution in [0, 0.1) is 10.1 Å². The van der Waals surface area contributed by atoms with Gasteiger partial charge >= 0.3 is 0 Å². The van der Waals surface area contributed by atoms with E-state index in [0.717, 1.165) is 11.1 Å². The zero-order valence-electron chi connectivity index (χ0n) is 15.0. The lowest BCUT2D eigenvalue weighted by molar-refractivity contribution is -0.384. The minimum Gasteiger partial charge on any atom is -0.326 e. The van der Waals surface area contributed by atoms with Gasteiger partial charge in [-0.3, -0.25) is 24.3 Å². The number of amides is 1. The molecule has 0 saturated heterocycles. The van der Waals surface area contributed by atoms with Gasteiger partial charge in [-0.05, 0) is 41.8 Å². The first-order valence-corrected chi connectivity index (χ1v) is 8.70. The number of hydrogen-bond acceptors (Lipinski definition) is 5. The predicted octanol–water partition coefficient (Wildman–Crippen LogP) is 3.21. The molecule has 4 rings (SSSR count). The Bertz CT molecular complexity index is 1210. The number of rotatable bonds is 3. The lowest BCUT2D eigenvalue weighted by Crippen LogP contribution is -2.20. The lowest BCUT2D eigenvalue weighted by Gasteiger charge is -2.06. The van der Waals surface area contributed by atoms with Gasteiger partial charge in [-0.1, -0.05) is 12.1 Å². The molecule has 8 heteroatoms. The van der Waals surface area contributed by atoms with Gasteiger partial charge in [-0.25, -0.2) is 4.98 Å². The standard InChI is InChI=1S/C20H16N4O4/c1-12(25)21-15-4-2-13(3-5-15)10-14-8-9-23-19(14)22-18-7-6-16(24(27)28)11-17(18)20(23)26/h2-7,10-11H,8-9H2,1H3,(H,21,25)/b14-10+. The van der Waals surface area contributed by atoms with Crippen molar-refractivity contribution in [2.75, 3.05) is 5.32 Å². The Kier molecular flexibility index (Phi) is 4.23. The third kappa shape index (κ3) is 3.16. The Morgan fingerprint density at radius 1 is 1.25 bits per heavy atom. The summed E-state index contributed by atoms with van der Waals surface area (Å²) in [7, 11) is 0. The van der Waals surface area contributed by atoms with Crippen LogP contribution < -0.4 is 10.9 Å². The van der Waals surface area contributed by atoms with Crippen molar-refractivity contribution in [3.63, 3.8) is 0 Å². The third-order valence-corrected chi connectivity index (χ3v) is 4.61. The van der Waals surface area contributed by atoms with Gasteiger partial charge in [0, 0.05) is 31.3 Å². The number of nitrogens with one attached hydrogen (secondary N) is 1. The van der Waals surface area contributed by atoms with Crippen molar-refractivity contribution in [2.24, 2.45) is 0 Å². The molecule has 0 saturated carbocycles. The minimum atomic E-state index is -0.521. The van der Waals surface area contributed by atoms with Gasteiger partial charge < -0.3 is 5.32 Å². The monoisotopic (exact) mass is 376 g/mol. The van der Waals surface area contributed by atoms with Gasteiger partial charge in [0.25, 0.3) is 11.2 Å². The second-order valence-corrected chi connectivity index (χ2v) is 6.57. The molecular weight excluding hydrogens is 360 g/mol. The summed E-state index contributed by atoms with van der Waals surface area (Å²) >= 11 is 0. The Morgan fingerprint density at radius 2 is 2.00 bits per heavy atom. The summed E-state index contributed by atoms with van der Waals surface area (Å²) in [5.74, 6) is 0.448. The van der Waals surface area contributed by atoms with Gasteiger partial charge in [0.05, 0.1) is 15.8 Å². The van der Waals surface area contributed by atoms with Crippen LogP contribution in [0.15, 0.2) is 47.3 Å². The number of carbonyl (C=O) groups is 1. The van der Waals surface area contributed by atoms with Crippen molar-refractivity contribution in [3.8, 4) is 0 Å². The quantitative estimate of drug-likeness (QED) is 0.558. The summed E-state index contributed by atoms with van der Waals surface area (Å²) in [6, 6.07) is 11.5. The number of fused-ring (bicyclic) bond motifs is 2. The van der Waals surface area contributed by atoms with Crippen LogP contribution in [-0.2, 0) is 11.3 Å². The Balaban J connectivity index is 1.74. The van der Waals surface area contributed by atoms with Crippen molar-refractivity contribution in [1.29, 1.82) is 0 Å². The molecule has 0 unspecified atom stereocenters. The van der Waals surface area contributed by atoms with Crippen LogP contribution in [0.2, 0.25) is 0 Å². The number of allylic oxidation sites excluding steroid dienone is 1. The molecule has 1 aliphatic rings. The molecule has 1 N–H and O–H groups in total. The third-order valence-electron chi connectivity index (χ3n) is 4.61. The number of benzene rings is 2. The fraction of sp³-hybridized carbons (Fsp3) is 0.150. The molecule has 28 heavy (non-hydrogen) atoms. The van der Waals surface area contributed by atoms with E-state index in [0.29, 0.717) is 30.0 Å². The van der Waals surface area contributed by atoms with Crippen molar-refractivity contribution >= 4 is 39.8 Å². The minimum absolute atomic E-state index is 0.125. The molecule has 0 bridgehead atoms. The van der Waals surface area contributed by atoms with Gasteiger partial charge in [0.2, 0.25) is 5.91 Å². The summed E-state index contributed by atoms with van der Waals surface area (Å²) < 4.78 is 1.56. The van der Waals surface area contributed by atoms with E-state index in [9.17, 15) is 19.7 Å². The maximum atomic E-state index is 12.8. The number of nitrogens with zero attached hydrogens (tertiary/aromatic N) is 3. The number of hydrogen-bond donors (Lipinski definition) is 1. The fourth-order valence-corrected chi connectivity index (χ4v) is 3.32. The van der Waals surface area contributed by atoms with E-state index in [1.54, 1.807) is 4.57 Å². The fourth-order valence-electron chi connectivity index (χ4n) is 3.32. The van der Waals surface area contributed by atoms with Crippen LogP contribution in [0.25, 0.3) is 22.6 Å². The molecule has 0 spiro atoms. The van der Waals surface area contributed by atoms with Crippen LogP contribution in [0.4, 0.5) is 11.4 Å². The first-order chi connectivity index (χ1) is 13.4. The molecule has 0 fully saturated rings. The Morgan fingerprint density at radius 3 is 2.68 bits per heavy atom. The average molecular weight is 376 g/mol. The van der Waals surface area contributed by atoms with Gasteiger partial charge in [0.15, 0.2) is 0 Å². The predicted molar refractivity (Wildman–Crippen MR) is 106 cm³/mol. The second kappa shape index (κ2) is 6.73. The van der Waals surface area contributed by atoms with E-state index >= 15 is 0 Å². The molecule has 8 nitrogen and oxygen atoms in total. The van der Waals surface area contributed by atoms with E-state index in [1.807, 2.05) is 30.3 Å². The van der Waals surface area contributed by atoms with Gasteiger partial charge in [-0.2, -0.15) is 0 Å². The van der Waals surface area contributed by atoms with Crippen LogP contribution in [-0.4, -0.2) is 20.4 Å². The SMILES string of the molecule is CC(=O)Nc1ccc(/C=C2\CCn3c2nc2ccc([N+](=O)[O-])cc2c3=O)cc1. The van der Waals surface area contributed by atoms with E-state index in [2.05, 4.69) is 10.3 Å². The highest BCUT2D eigenvalue weighted by atomic mass is 16.6. The lowest BCUT2D eigenvalue weighted by atomic mass is 10.1. The molecule has 0 aliphatic carbocycles. The topological polar surface area (TPSA) is 107 Å². The summed E-state index contributed by atoms with van der Waals surface area (Å²) in [5.41, 5.74) is 2.60. The molecule has 140 valence electrons. The van der Waals surface area contributed by atoms with Crippen LogP contribution in [0.3, 0.4) is 0 Å². The zero-order valence-corrected chi connectivity index (χ0v) is 15.0. The van der Waals surface area contributed by atoms with Crippen molar-refractivity contribution in [1.82, 2.24) is 9.55 Å². The van der Waals surface area contributed by atoms with E-state index < -0.39 is 4.92 Å². The Hall–Kier alpha value is -3.81. The first-order valence-electron chi connectivity index (χ1n) is 8.70. The number of nitro groups is 1. The second-order valence-electron chi connectivity index (χ2n) is 6.57. The highest BCUT2D eigenvalue weighted by molar-refractivity contribution is 5.89. The number of nitro benzene ring substituents is 1.